The van der Waals surface area contributed by atoms with Gasteiger partial charge in [0, 0.05) is 45.2 Å². The van der Waals surface area contributed by atoms with Gasteiger partial charge in [0.25, 0.3) is 0 Å². The monoisotopic (exact) mass is 752 g/mol. The van der Waals surface area contributed by atoms with E-state index in [-0.39, 0.29) is 0 Å². The van der Waals surface area contributed by atoms with Gasteiger partial charge in [-0.25, -0.2) is 4.99 Å². The van der Waals surface area contributed by atoms with E-state index in [2.05, 4.69) is 156 Å². The van der Waals surface area contributed by atoms with Crippen LogP contribution >= 0.6 is 0 Å². The van der Waals surface area contributed by atoms with E-state index in [1.165, 1.54) is 44.6 Å². The molecule has 0 spiro atoms. The zero-order chi connectivity index (χ0) is 39.3. The highest BCUT2D eigenvalue weighted by molar-refractivity contribution is 6.03. The lowest BCUT2D eigenvalue weighted by Crippen LogP contribution is -2.25. The Labute approximate surface area is 341 Å². The Balaban J connectivity index is 1.00. The minimum Gasteiger partial charge on any atom is -0.383 e. The van der Waals surface area contributed by atoms with Crippen LogP contribution in [0, 0.1) is 11.8 Å². The van der Waals surface area contributed by atoms with Crippen LogP contribution in [0.25, 0.3) is 33.4 Å². The van der Waals surface area contributed by atoms with Gasteiger partial charge in [0.1, 0.15) is 5.84 Å². The summed E-state index contributed by atoms with van der Waals surface area (Å²) in [6, 6.07) is 51.4. The third-order valence-electron chi connectivity index (χ3n) is 11.8. The lowest BCUT2D eigenvalue weighted by molar-refractivity contribution is 0.346. The van der Waals surface area contributed by atoms with Crippen molar-refractivity contribution in [1.82, 2.24) is 4.57 Å². The van der Waals surface area contributed by atoms with Crippen molar-refractivity contribution in [2.75, 3.05) is 5.32 Å². The average molecular weight is 753 g/mol. The molecule has 2 unspecified atom stereocenters. The standard InChI is InChI=1S/C54H48N4/c1-2-3-4-15-33-58-51-26-14-13-25-48(51)49-36-42(30-32-52(49)58)43-29-31-46(39-18-7-5-8-19-39)50(37-43)56-45-23-16-17-38(35-45)34-44-28-27-40-20-11-12-24-47(40)53(44)57-54(55)41-21-9-6-10-22-41/h2-29,31,33,35,42-43,56H,1,30,32,34,36-37H2,(H2,55,57)/b4-3-,33-15-. The molecule has 0 saturated carbocycles. The molecule has 0 amide bonds. The quantitative estimate of drug-likeness (QED) is 0.0785. The van der Waals surface area contributed by atoms with Crippen LogP contribution in [0.1, 0.15) is 46.4 Å². The average Bonchev–Trinajstić information content (AvgIpc) is 3.59. The number of benzene rings is 6. The molecule has 4 nitrogen and oxygen atoms in total. The first-order valence-corrected chi connectivity index (χ1v) is 20.4. The van der Waals surface area contributed by atoms with E-state index in [0.717, 1.165) is 65.4 Å². The number of hydrogen-bond acceptors (Lipinski definition) is 2. The van der Waals surface area contributed by atoms with Crippen LogP contribution in [-0.4, -0.2) is 10.4 Å². The Morgan fingerprint density at radius 3 is 2.40 bits per heavy atom. The number of aliphatic imine (C=N–C) groups is 1. The molecule has 0 aliphatic heterocycles. The predicted octanol–water partition coefficient (Wildman–Crippen LogP) is 12.8. The Kier molecular flexibility index (Phi) is 10.6. The number of amidine groups is 1. The predicted molar refractivity (Wildman–Crippen MR) is 246 cm³/mol. The molecule has 284 valence electrons. The number of para-hydroxylation sites is 1. The highest BCUT2D eigenvalue weighted by Crippen LogP contribution is 2.42. The van der Waals surface area contributed by atoms with Gasteiger partial charge < -0.3 is 15.6 Å². The molecule has 7 aromatic rings. The first-order valence-electron chi connectivity index (χ1n) is 20.4. The number of nitrogens with one attached hydrogen (secondary N) is 1. The normalized spacial score (nSPS) is 17.1. The van der Waals surface area contributed by atoms with Crippen molar-refractivity contribution < 1.29 is 0 Å². The van der Waals surface area contributed by atoms with Crippen LogP contribution in [0.2, 0.25) is 0 Å². The molecule has 9 rings (SSSR count). The number of nitrogens with zero attached hydrogens (tertiary/aromatic N) is 2. The molecule has 0 bridgehead atoms. The minimum atomic E-state index is 0.424. The summed E-state index contributed by atoms with van der Waals surface area (Å²) in [5.41, 5.74) is 19.9. The van der Waals surface area contributed by atoms with Crippen molar-refractivity contribution in [2.45, 2.75) is 32.1 Å². The molecule has 4 heteroatoms. The van der Waals surface area contributed by atoms with Crippen molar-refractivity contribution >= 4 is 50.7 Å². The molecule has 2 atom stereocenters. The van der Waals surface area contributed by atoms with Crippen molar-refractivity contribution in [2.24, 2.45) is 22.6 Å². The van der Waals surface area contributed by atoms with Gasteiger partial charge in [-0.15, -0.1) is 0 Å². The van der Waals surface area contributed by atoms with Gasteiger partial charge in [-0.05, 0) is 95.9 Å². The molecule has 0 fully saturated rings. The van der Waals surface area contributed by atoms with Gasteiger partial charge in [0.2, 0.25) is 0 Å². The first kappa shape index (κ1) is 36.7. The molecule has 0 radical (unpaired) electrons. The maximum absolute atomic E-state index is 6.63. The van der Waals surface area contributed by atoms with Gasteiger partial charge in [0.05, 0.1) is 11.2 Å². The summed E-state index contributed by atoms with van der Waals surface area (Å²) in [7, 11) is 0. The molecule has 1 heterocycles. The molecule has 0 saturated heterocycles. The number of aromatic nitrogens is 1. The lowest BCUT2D eigenvalue weighted by Gasteiger charge is -2.33. The molecule has 2 aliphatic rings. The van der Waals surface area contributed by atoms with Crippen LogP contribution in [0.15, 0.2) is 199 Å². The summed E-state index contributed by atoms with van der Waals surface area (Å²) in [6.45, 7) is 3.82. The zero-order valence-corrected chi connectivity index (χ0v) is 32.8. The van der Waals surface area contributed by atoms with Crippen molar-refractivity contribution in [3.8, 4) is 0 Å². The van der Waals surface area contributed by atoms with Gasteiger partial charge in [-0.2, -0.15) is 0 Å². The molecule has 58 heavy (non-hydrogen) atoms. The fourth-order valence-corrected chi connectivity index (χ4v) is 8.97. The Morgan fingerprint density at radius 2 is 1.55 bits per heavy atom. The number of hydrogen-bond donors (Lipinski definition) is 2. The van der Waals surface area contributed by atoms with Crippen molar-refractivity contribution in [1.29, 1.82) is 0 Å². The fraction of sp³-hybridized carbons (Fsp3) is 0.130. The maximum Gasteiger partial charge on any atom is 0.131 e. The Morgan fingerprint density at radius 1 is 0.776 bits per heavy atom. The van der Waals surface area contributed by atoms with Gasteiger partial charge in [-0.1, -0.05) is 164 Å². The SMILES string of the molecule is C=C/C=C\C=C/n1c2c(c3ccccc31)CC(C1C=CC(c3ccccc3)=C(Nc3cccc(Cc4ccc5ccccc5c4N=C(N)c4ccccc4)c3)C1)CC2. The lowest BCUT2D eigenvalue weighted by atomic mass is 9.74. The smallest absolute Gasteiger partial charge is 0.131 e. The Hall–Kier alpha value is -6.91. The molecule has 2 aliphatic carbocycles. The van der Waals surface area contributed by atoms with Gasteiger partial charge >= 0.3 is 0 Å². The van der Waals surface area contributed by atoms with Crippen LogP contribution in [0.4, 0.5) is 11.4 Å². The van der Waals surface area contributed by atoms with Crippen LogP contribution in [0.3, 0.4) is 0 Å². The van der Waals surface area contributed by atoms with E-state index in [4.69, 9.17) is 10.7 Å². The van der Waals surface area contributed by atoms with E-state index >= 15 is 0 Å². The summed E-state index contributed by atoms with van der Waals surface area (Å²) >= 11 is 0. The second-order valence-electron chi connectivity index (χ2n) is 15.4. The first-order chi connectivity index (χ1) is 28.6. The van der Waals surface area contributed by atoms with E-state index in [9.17, 15) is 0 Å². The third kappa shape index (κ3) is 7.62. The minimum absolute atomic E-state index is 0.424. The van der Waals surface area contributed by atoms with Gasteiger partial charge in [-0.3, -0.25) is 0 Å². The second-order valence-corrected chi connectivity index (χ2v) is 15.4. The summed E-state index contributed by atoms with van der Waals surface area (Å²) < 4.78 is 2.41. The fourth-order valence-electron chi connectivity index (χ4n) is 8.97. The number of nitrogens with two attached hydrogens (primary N) is 1. The largest absolute Gasteiger partial charge is 0.383 e. The Bertz CT molecular complexity index is 2760. The van der Waals surface area contributed by atoms with Crippen LogP contribution < -0.4 is 11.1 Å². The van der Waals surface area contributed by atoms with Crippen LogP contribution in [-0.2, 0) is 19.3 Å². The van der Waals surface area contributed by atoms with E-state index in [1.54, 1.807) is 0 Å². The van der Waals surface area contributed by atoms with Crippen molar-refractivity contribution in [3.63, 3.8) is 0 Å². The van der Waals surface area contributed by atoms with E-state index in [1.807, 2.05) is 48.6 Å². The second kappa shape index (κ2) is 16.7. The van der Waals surface area contributed by atoms with Crippen molar-refractivity contribution in [3.05, 3.63) is 228 Å². The number of rotatable bonds is 11. The topological polar surface area (TPSA) is 55.3 Å². The number of fused-ring (bicyclic) bond motifs is 4. The van der Waals surface area contributed by atoms with Gasteiger partial charge in [0.15, 0.2) is 0 Å². The molecular weight excluding hydrogens is 705 g/mol. The number of anilines is 1. The highest BCUT2D eigenvalue weighted by atomic mass is 15.0. The van der Waals surface area contributed by atoms with E-state index in [0.29, 0.717) is 17.7 Å². The molecule has 1 aromatic heterocycles. The highest BCUT2D eigenvalue weighted by Gasteiger charge is 2.31. The van der Waals surface area contributed by atoms with Crippen LogP contribution in [0.5, 0.6) is 0 Å². The summed E-state index contributed by atoms with van der Waals surface area (Å²) in [4.78, 5) is 5.07. The molecule has 3 N–H and O–H groups in total. The summed E-state index contributed by atoms with van der Waals surface area (Å²) in [5, 5.41) is 7.58. The van der Waals surface area contributed by atoms with E-state index < -0.39 is 0 Å². The summed E-state index contributed by atoms with van der Waals surface area (Å²) in [6.07, 6.45) is 20.0. The molecular formula is C54H48N4. The number of allylic oxidation sites excluding steroid dienone is 8. The zero-order valence-electron chi connectivity index (χ0n) is 32.8. The maximum atomic E-state index is 6.63. The third-order valence-corrected chi connectivity index (χ3v) is 11.8. The molecule has 6 aromatic carbocycles. The summed E-state index contributed by atoms with van der Waals surface area (Å²) in [5.74, 6) is 1.48.